The predicted octanol–water partition coefficient (Wildman–Crippen LogP) is -0.0717. The Bertz CT molecular complexity index is 834. The average molecular weight is 385 g/mol. The molecule has 0 spiro atoms. The third-order valence-corrected chi connectivity index (χ3v) is 4.88. The smallest absolute Gasteiger partial charge is 0.279 e. The fourth-order valence-corrected chi connectivity index (χ4v) is 3.44. The number of para-hydroxylation sites is 1. The van der Waals surface area contributed by atoms with Gasteiger partial charge in [-0.25, -0.2) is 0 Å². The Morgan fingerprint density at radius 2 is 2.00 bits per heavy atom. The normalized spacial score (nSPS) is 19.0. The van der Waals surface area contributed by atoms with Crippen molar-refractivity contribution in [3.63, 3.8) is 0 Å². The number of nitrogens with one attached hydrogen (secondary N) is 3. The molecule has 2 heterocycles. The van der Waals surface area contributed by atoms with Gasteiger partial charge in [-0.2, -0.15) is 0 Å². The standard InChI is InChI=1S/C20H24N4O4/c21-19(26)14-5-3-9-24(12-14)13-18(25)23-17-8-2-1-7-16(17)20(27)22-11-15-6-4-10-28-15/h1-2,4,6-8,10,14H,3,5,9,11-13H2,(H2,21,26)(H,22,27)(H,23,25)/p+1/t14-/m0/s1. The molecule has 2 atom stereocenters. The van der Waals surface area contributed by atoms with E-state index in [0.717, 1.165) is 24.3 Å². The lowest BCUT2D eigenvalue weighted by molar-refractivity contribution is -0.899. The average Bonchev–Trinajstić information content (AvgIpc) is 3.20. The molecule has 0 saturated carbocycles. The number of nitrogens with two attached hydrogens (primary N) is 1. The van der Waals surface area contributed by atoms with Crippen molar-refractivity contribution in [3.8, 4) is 0 Å². The van der Waals surface area contributed by atoms with Gasteiger partial charge in [0, 0.05) is 0 Å². The number of amides is 3. The fourth-order valence-electron chi connectivity index (χ4n) is 3.44. The number of hydrogen-bond donors (Lipinski definition) is 4. The Morgan fingerprint density at radius 3 is 2.75 bits per heavy atom. The molecule has 3 amide bonds. The summed E-state index contributed by atoms with van der Waals surface area (Å²) in [6.45, 7) is 1.88. The highest BCUT2D eigenvalue weighted by Gasteiger charge is 2.28. The number of furan rings is 1. The summed E-state index contributed by atoms with van der Waals surface area (Å²) in [4.78, 5) is 37.4. The molecule has 1 aromatic heterocycles. The molecule has 1 aliphatic heterocycles. The SMILES string of the molecule is NC(=O)[C@H]1CCC[NH+](CC(=O)Nc2ccccc2C(=O)NCc2ccco2)C1. The van der Waals surface area contributed by atoms with Crippen LogP contribution < -0.4 is 21.3 Å². The van der Waals surface area contributed by atoms with Gasteiger partial charge in [0.1, 0.15) is 5.76 Å². The second kappa shape index (κ2) is 9.18. The third-order valence-electron chi connectivity index (χ3n) is 4.88. The van der Waals surface area contributed by atoms with Gasteiger partial charge in [0.2, 0.25) is 5.91 Å². The topological polar surface area (TPSA) is 119 Å². The lowest BCUT2D eigenvalue weighted by Crippen LogP contribution is -3.14. The monoisotopic (exact) mass is 385 g/mol. The predicted molar refractivity (Wildman–Crippen MR) is 102 cm³/mol. The molecule has 0 bridgehead atoms. The molecule has 1 aromatic carbocycles. The minimum absolute atomic E-state index is 0.184. The Balaban J connectivity index is 1.58. The summed E-state index contributed by atoms with van der Waals surface area (Å²) in [6, 6.07) is 10.4. The van der Waals surface area contributed by atoms with Crippen molar-refractivity contribution < 1.29 is 23.7 Å². The summed E-state index contributed by atoms with van der Waals surface area (Å²) in [6.07, 6.45) is 3.18. The zero-order valence-corrected chi connectivity index (χ0v) is 15.6. The van der Waals surface area contributed by atoms with E-state index >= 15 is 0 Å². The van der Waals surface area contributed by atoms with Crippen LogP contribution in [0.5, 0.6) is 0 Å². The number of carbonyl (C=O) groups excluding carboxylic acids is 3. The van der Waals surface area contributed by atoms with Crippen molar-refractivity contribution in [1.29, 1.82) is 0 Å². The van der Waals surface area contributed by atoms with E-state index < -0.39 is 0 Å². The van der Waals surface area contributed by atoms with E-state index in [4.69, 9.17) is 10.2 Å². The quantitative estimate of drug-likeness (QED) is 0.533. The first-order chi connectivity index (χ1) is 13.5. The Labute approximate surface area is 163 Å². The Kier molecular flexibility index (Phi) is 6.44. The van der Waals surface area contributed by atoms with Crippen molar-refractivity contribution in [3.05, 3.63) is 54.0 Å². The number of hydrogen-bond acceptors (Lipinski definition) is 4. The van der Waals surface area contributed by atoms with Crippen LogP contribution in [0, 0.1) is 5.92 Å². The summed E-state index contributed by atoms with van der Waals surface area (Å²) in [5.41, 5.74) is 6.23. The highest BCUT2D eigenvalue weighted by atomic mass is 16.3. The summed E-state index contributed by atoms with van der Waals surface area (Å²) < 4.78 is 5.20. The van der Waals surface area contributed by atoms with E-state index in [9.17, 15) is 14.4 Å². The first kappa shape index (κ1) is 19.6. The number of carbonyl (C=O) groups is 3. The molecule has 1 fully saturated rings. The van der Waals surface area contributed by atoms with Crippen LogP contribution in [0.25, 0.3) is 0 Å². The molecule has 28 heavy (non-hydrogen) atoms. The van der Waals surface area contributed by atoms with Crippen molar-refractivity contribution in [1.82, 2.24) is 5.32 Å². The van der Waals surface area contributed by atoms with Crippen LogP contribution in [0.3, 0.4) is 0 Å². The van der Waals surface area contributed by atoms with Crippen LogP contribution >= 0.6 is 0 Å². The first-order valence-electron chi connectivity index (χ1n) is 9.35. The van der Waals surface area contributed by atoms with Crippen molar-refractivity contribution in [2.24, 2.45) is 11.7 Å². The van der Waals surface area contributed by atoms with Crippen LogP contribution in [0.15, 0.2) is 47.1 Å². The summed E-state index contributed by atoms with van der Waals surface area (Å²) in [5.74, 6) is -0.349. The van der Waals surface area contributed by atoms with E-state index in [1.807, 2.05) is 0 Å². The zero-order valence-electron chi connectivity index (χ0n) is 15.6. The van der Waals surface area contributed by atoms with Gasteiger partial charge in [-0.05, 0) is 37.1 Å². The lowest BCUT2D eigenvalue weighted by Gasteiger charge is -2.27. The molecule has 3 rings (SSSR count). The van der Waals surface area contributed by atoms with Crippen LogP contribution in [0.4, 0.5) is 5.69 Å². The largest absolute Gasteiger partial charge is 0.467 e. The lowest BCUT2D eigenvalue weighted by atomic mass is 9.97. The minimum Gasteiger partial charge on any atom is -0.467 e. The highest BCUT2D eigenvalue weighted by Crippen LogP contribution is 2.15. The van der Waals surface area contributed by atoms with Gasteiger partial charge in [0.05, 0.1) is 43.1 Å². The molecule has 0 radical (unpaired) electrons. The van der Waals surface area contributed by atoms with Crippen LogP contribution in [0.1, 0.15) is 29.0 Å². The van der Waals surface area contributed by atoms with E-state index in [-0.39, 0.29) is 36.7 Å². The fraction of sp³-hybridized carbons (Fsp3) is 0.350. The molecule has 148 valence electrons. The molecular weight excluding hydrogens is 360 g/mol. The maximum atomic E-state index is 12.5. The number of likely N-dealkylation sites (tertiary alicyclic amines) is 1. The van der Waals surface area contributed by atoms with Gasteiger partial charge in [-0.15, -0.1) is 0 Å². The Morgan fingerprint density at radius 1 is 1.18 bits per heavy atom. The van der Waals surface area contributed by atoms with Crippen molar-refractivity contribution in [2.75, 3.05) is 25.0 Å². The van der Waals surface area contributed by atoms with Gasteiger partial charge in [-0.1, -0.05) is 12.1 Å². The van der Waals surface area contributed by atoms with Crippen molar-refractivity contribution in [2.45, 2.75) is 19.4 Å². The number of rotatable bonds is 7. The van der Waals surface area contributed by atoms with E-state index in [0.29, 0.717) is 23.6 Å². The summed E-state index contributed by atoms with van der Waals surface area (Å²) in [5, 5.41) is 5.59. The summed E-state index contributed by atoms with van der Waals surface area (Å²) in [7, 11) is 0. The van der Waals surface area contributed by atoms with E-state index in [1.54, 1.807) is 42.7 Å². The van der Waals surface area contributed by atoms with Crippen LogP contribution in [0.2, 0.25) is 0 Å². The van der Waals surface area contributed by atoms with Gasteiger partial charge in [-0.3, -0.25) is 14.4 Å². The molecular formula is C20H25N4O4+. The van der Waals surface area contributed by atoms with Gasteiger partial charge in [0.15, 0.2) is 6.54 Å². The number of piperidine rings is 1. The minimum atomic E-state index is -0.309. The number of anilines is 1. The van der Waals surface area contributed by atoms with Crippen LogP contribution in [-0.2, 0) is 16.1 Å². The third kappa shape index (κ3) is 5.20. The molecule has 8 heteroatoms. The van der Waals surface area contributed by atoms with Crippen molar-refractivity contribution >= 4 is 23.4 Å². The first-order valence-corrected chi connectivity index (χ1v) is 9.35. The number of benzene rings is 1. The Hall–Kier alpha value is -3.13. The van der Waals surface area contributed by atoms with Gasteiger partial charge < -0.3 is 25.7 Å². The number of quaternary nitrogens is 1. The van der Waals surface area contributed by atoms with Crippen LogP contribution in [-0.4, -0.2) is 37.4 Å². The number of primary amides is 1. The second-order valence-electron chi connectivity index (χ2n) is 6.98. The molecule has 8 nitrogen and oxygen atoms in total. The molecule has 5 N–H and O–H groups in total. The molecule has 1 unspecified atom stereocenters. The van der Waals surface area contributed by atoms with E-state index in [2.05, 4.69) is 10.6 Å². The van der Waals surface area contributed by atoms with Gasteiger partial charge in [0.25, 0.3) is 11.8 Å². The zero-order chi connectivity index (χ0) is 19.9. The highest BCUT2D eigenvalue weighted by molar-refractivity contribution is 6.03. The molecule has 0 aliphatic carbocycles. The summed E-state index contributed by atoms with van der Waals surface area (Å²) >= 11 is 0. The maximum Gasteiger partial charge on any atom is 0.279 e. The van der Waals surface area contributed by atoms with E-state index in [1.165, 1.54) is 0 Å². The molecule has 1 saturated heterocycles. The van der Waals surface area contributed by atoms with Gasteiger partial charge >= 0.3 is 0 Å². The molecule has 1 aliphatic rings. The molecule has 2 aromatic rings. The second-order valence-corrected chi connectivity index (χ2v) is 6.98. The maximum absolute atomic E-state index is 12.5.